The van der Waals surface area contributed by atoms with Crippen LogP contribution >= 0.6 is 31.9 Å². The summed E-state index contributed by atoms with van der Waals surface area (Å²) in [6, 6.07) is 17.9. The lowest BCUT2D eigenvalue weighted by Crippen LogP contribution is -2.17. The average Bonchev–Trinajstić information content (AvgIpc) is 3.07. The molecule has 304 valence electrons. The van der Waals surface area contributed by atoms with E-state index in [2.05, 4.69) is 163 Å². The van der Waals surface area contributed by atoms with Crippen molar-refractivity contribution in [2.45, 2.75) is 143 Å². The standard InChI is InChI=1S/C50H66Br2O4/c1-47(2,3)39-23-31-19-35-27-41(49(7,8)9)29-37(45(35)55-17-13-15-51)21-33-25-40(48(4,5)6)26-34(44(33)54)22-38-30-42(50(10,11)12)28-36(20-32(24-39)43(31)53)46(38)56-18-14-16-52/h23-30,53-54H,13-22H2,1-12H3. The molecule has 4 aromatic carbocycles. The van der Waals surface area contributed by atoms with Crippen LogP contribution in [0.1, 0.15) is 163 Å². The molecule has 56 heavy (non-hydrogen) atoms. The Morgan fingerprint density at radius 1 is 0.411 bits per heavy atom. The van der Waals surface area contributed by atoms with Crippen molar-refractivity contribution < 1.29 is 19.7 Å². The fraction of sp³-hybridized carbons (Fsp3) is 0.520. The van der Waals surface area contributed by atoms with Gasteiger partial charge in [0.05, 0.1) is 13.2 Å². The summed E-state index contributed by atoms with van der Waals surface area (Å²) in [4.78, 5) is 0. The van der Waals surface area contributed by atoms with Crippen LogP contribution in [0.15, 0.2) is 48.5 Å². The van der Waals surface area contributed by atoms with Gasteiger partial charge < -0.3 is 19.7 Å². The van der Waals surface area contributed by atoms with Crippen molar-refractivity contribution in [2.75, 3.05) is 23.9 Å². The average molecular weight is 891 g/mol. The summed E-state index contributed by atoms with van der Waals surface area (Å²) in [7, 11) is 0. The molecule has 0 heterocycles. The van der Waals surface area contributed by atoms with Gasteiger partial charge in [0, 0.05) is 36.3 Å². The van der Waals surface area contributed by atoms with E-state index in [1.807, 2.05) is 0 Å². The number of halogens is 2. The molecule has 6 heteroatoms. The van der Waals surface area contributed by atoms with Gasteiger partial charge in [-0.2, -0.15) is 0 Å². The van der Waals surface area contributed by atoms with Crippen LogP contribution in [0, 0.1) is 0 Å². The van der Waals surface area contributed by atoms with Gasteiger partial charge in [0.1, 0.15) is 23.0 Å². The fourth-order valence-corrected chi connectivity index (χ4v) is 7.93. The van der Waals surface area contributed by atoms with E-state index in [0.29, 0.717) is 50.4 Å². The number of phenolic OH excluding ortho intramolecular Hbond substituents is 2. The Kier molecular flexibility index (Phi) is 13.5. The maximum absolute atomic E-state index is 12.4. The Balaban J connectivity index is 1.93. The van der Waals surface area contributed by atoms with Gasteiger partial charge in [-0.3, -0.25) is 0 Å². The van der Waals surface area contributed by atoms with Gasteiger partial charge in [-0.1, -0.05) is 163 Å². The summed E-state index contributed by atoms with van der Waals surface area (Å²) >= 11 is 7.22. The van der Waals surface area contributed by atoms with Crippen LogP contribution in [0.4, 0.5) is 0 Å². The molecule has 0 saturated carbocycles. The first-order chi connectivity index (χ1) is 26.0. The van der Waals surface area contributed by atoms with Crippen LogP contribution in [-0.4, -0.2) is 34.1 Å². The Labute approximate surface area is 355 Å². The van der Waals surface area contributed by atoms with Crippen LogP contribution in [0.25, 0.3) is 0 Å². The van der Waals surface area contributed by atoms with E-state index in [1.54, 1.807) is 0 Å². The lowest BCUT2D eigenvalue weighted by atomic mass is 9.79. The number of rotatable bonds is 8. The van der Waals surface area contributed by atoms with E-state index in [0.717, 1.165) is 79.5 Å². The van der Waals surface area contributed by atoms with Gasteiger partial charge >= 0.3 is 0 Å². The molecule has 4 aromatic rings. The topological polar surface area (TPSA) is 58.9 Å². The molecule has 0 radical (unpaired) electrons. The second kappa shape index (κ2) is 17.1. The first kappa shape index (κ1) is 44.1. The summed E-state index contributed by atoms with van der Waals surface area (Å²) < 4.78 is 13.5. The molecule has 1 aliphatic carbocycles. The molecule has 0 amide bonds. The molecule has 8 bridgehead atoms. The summed E-state index contributed by atoms with van der Waals surface area (Å²) in [5, 5.41) is 26.5. The lowest BCUT2D eigenvalue weighted by molar-refractivity contribution is 0.312. The van der Waals surface area contributed by atoms with E-state index in [9.17, 15) is 10.2 Å². The molecule has 0 aromatic heterocycles. The minimum Gasteiger partial charge on any atom is -0.507 e. The van der Waals surface area contributed by atoms with Crippen molar-refractivity contribution in [1.82, 2.24) is 0 Å². The zero-order chi connectivity index (χ0) is 41.4. The molecular weight excluding hydrogens is 824 g/mol. The van der Waals surface area contributed by atoms with Gasteiger partial charge in [0.25, 0.3) is 0 Å². The number of aromatic hydroxyl groups is 2. The van der Waals surface area contributed by atoms with Crippen molar-refractivity contribution in [3.05, 3.63) is 115 Å². The van der Waals surface area contributed by atoms with Gasteiger partial charge in [-0.05, 0) is 101 Å². The summed E-state index contributed by atoms with van der Waals surface area (Å²) in [5.74, 6) is 2.34. The van der Waals surface area contributed by atoms with Crippen molar-refractivity contribution in [2.24, 2.45) is 0 Å². The lowest BCUT2D eigenvalue weighted by Gasteiger charge is -2.28. The summed E-state index contributed by atoms with van der Waals surface area (Å²) in [6.45, 7) is 28.0. The van der Waals surface area contributed by atoms with E-state index in [1.165, 1.54) is 22.3 Å². The van der Waals surface area contributed by atoms with Crippen LogP contribution < -0.4 is 9.47 Å². The van der Waals surface area contributed by atoms with Gasteiger partial charge in [0.15, 0.2) is 0 Å². The third kappa shape index (κ3) is 10.4. The number of alkyl halides is 2. The van der Waals surface area contributed by atoms with Gasteiger partial charge in [0.2, 0.25) is 0 Å². The van der Waals surface area contributed by atoms with Gasteiger partial charge in [-0.15, -0.1) is 0 Å². The zero-order valence-electron chi connectivity index (χ0n) is 36.2. The molecular formula is C50H66Br2O4. The highest BCUT2D eigenvalue weighted by molar-refractivity contribution is 9.09. The Bertz CT molecular complexity index is 1790. The largest absolute Gasteiger partial charge is 0.507 e. The minimum absolute atomic E-state index is 0.141. The highest BCUT2D eigenvalue weighted by Crippen LogP contribution is 2.44. The van der Waals surface area contributed by atoms with Crippen LogP contribution in [0.5, 0.6) is 23.0 Å². The second-order valence-electron chi connectivity index (χ2n) is 20.0. The Morgan fingerprint density at radius 2 is 0.625 bits per heavy atom. The molecule has 5 rings (SSSR count). The Morgan fingerprint density at radius 3 is 0.821 bits per heavy atom. The van der Waals surface area contributed by atoms with E-state index < -0.39 is 0 Å². The zero-order valence-corrected chi connectivity index (χ0v) is 39.3. The molecule has 0 atom stereocenters. The number of ether oxygens (including phenoxy) is 2. The SMILES string of the molecule is CC(C)(C)c1cc2c(O)c(c1)Cc1cc(C(C)(C)C)cc(c1OCCCBr)Cc1cc(C(C)(C)C)cc(c1O)Cc1cc(C(C)(C)C)cc(c1OCCCBr)C2. The Hall–Kier alpha value is -2.96. The number of hydrogen-bond donors (Lipinski definition) is 2. The smallest absolute Gasteiger partial charge is 0.126 e. The second-order valence-corrected chi connectivity index (χ2v) is 21.6. The number of benzene rings is 4. The number of fused-ring (bicyclic) bond motifs is 8. The summed E-state index contributed by atoms with van der Waals surface area (Å²) in [6.07, 6.45) is 3.74. The van der Waals surface area contributed by atoms with Gasteiger partial charge in [-0.25, -0.2) is 0 Å². The van der Waals surface area contributed by atoms with E-state index >= 15 is 0 Å². The fourth-order valence-electron chi connectivity index (χ4n) is 7.47. The quantitative estimate of drug-likeness (QED) is 0.120. The minimum atomic E-state index is -0.149. The third-order valence-corrected chi connectivity index (χ3v) is 12.2. The van der Waals surface area contributed by atoms with Crippen molar-refractivity contribution in [3.63, 3.8) is 0 Å². The number of phenols is 2. The van der Waals surface area contributed by atoms with Crippen molar-refractivity contribution >= 4 is 31.9 Å². The highest BCUT2D eigenvalue weighted by atomic mass is 79.9. The van der Waals surface area contributed by atoms with E-state index in [4.69, 9.17) is 9.47 Å². The van der Waals surface area contributed by atoms with Crippen LogP contribution in [0.2, 0.25) is 0 Å². The van der Waals surface area contributed by atoms with Crippen LogP contribution in [0.3, 0.4) is 0 Å². The molecule has 0 spiro atoms. The number of hydrogen-bond acceptors (Lipinski definition) is 4. The monoisotopic (exact) mass is 888 g/mol. The van der Waals surface area contributed by atoms with Crippen molar-refractivity contribution in [1.29, 1.82) is 0 Å². The molecule has 2 N–H and O–H groups in total. The molecule has 0 aliphatic heterocycles. The third-order valence-electron chi connectivity index (χ3n) is 11.1. The maximum atomic E-state index is 12.4. The van der Waals surface area contributed by atoms with Crippen molar-refractivity contribution in [3.8, 4) is 23.0 Å². The predicted molar refractivity (Wildman–Crippen MR) is 243 cm³/mol. The maximum Gasteiger partial charge on any atom is 0.126 e. The molecule has 0 fully saturated rings. The molecule has 0 unspecified atom stereocenters. The van der Waals surface area contributed by atoms with Crippen LogP contribution in [-0.2, 0) is 47.3 Å². The summed E-state index contributed by atoms with van der Waals surface area (Å²) in [5.41, 5.74) is 11.9. The first-order valence-electron chi connectivity index (χ1n) is 20.4. The van der Waals surface area contributed by atoms with E-state index in [-0.39, 0.29) is 21.7 Å². The molecule has 0 saturated heterocycles. The molecule has 4 nitrogen and oxygen atoms in total. The normalized spacial score (nSPS) is 13.8. The predicted octanol–water partition coefficient (Wildman–Crippen LogP) is 13.3. The molecule has 1 aliphatic rings. The highest BCUT2D eigenvalue weighted by Gasteiger charge is 2.28. The first-order valence-corrected chi connectivity index (χ1v) is 22.7.